The van der Waals surface area contributed by atoms with E-state index in [2.05, 4.69) is 18.0 Å². The van der Waals surface area contributed by atoms with Crippen LogP contribution in [0.2, 0.25) is 0 Å². The number of hydrogen-bond donors (Lipinski definition) is 0. The Morgan fingerprint density at radius 3 is 2.86 bits per heavy atom. The van der Waals surface area contributed by atoms with Gasteiger partial charge in [-0.2, -0.15) is 5.26 Å². The molecule has 4 heteroatoms. The third kappa shape index (κ3) is 5.37. The summed E-state index contributed by atoms with van der Waals surface area (Å²) in [7, 11) is 2.17. The third-order valence-corrected chi connectivity index (χ3v) is 3.86. The summed E-state index contributed by atoms with van der Waals surface area (Å²) in [4.78, 5) is 2.37. The van der Waals surface area contributed by atoms with Crippen molar-refractivity contribution in [1.29, 1.82) is 5.26 Å². The Balaban J connectivity index is 1.63. The van der Waals surface area contributed by atoms with E-state index in [1.165, 1.54) is 12.8 Å². The highest BCUT2D eigenvalue weighted by Crippen LogP contribution is 2.17. The molecule has 1 heterocycles. The van der Waals surface area contributed by atoms with Gasteiger partial charge in [-0.25, -0.2) is 0 Å². The lowest BCUT2D eigenvalue weighted by molar-refractivity contribution is 0.0552. The van der Waals surface area contributed by atoms with Gasteiger partial charge in [-0.15, -0.1) is 0 Å². The van der Waals surface area contributed by atoms with Gasteiger partial charge >= 0.3 is 0 Å². The lowest BCUT2D eigenvalue weighted by Gasteiger charge is -2.27. The summed E-state index contributed by atoms with van der Waals surface area (Å²) in [5, 5.41) is 9.00. The number of nitriles is 1. The van der Waals surface area contributed by atoms with Crippen LogP contribution in [0.1, 0.15) is 24.8 Å². The summed E-state index contributed by atoms with van der Waals surface area (Å²) in [5.41, 5.74) is 0.605. The predicted molar refractivity (Wildman–Crippen MR) is 82.3 cm³/mol. The van der Waals surface area contributed by atoms with Crippen LogP contribution in [-0.2, 0) is 4.74 Å². The fraction of sp³-hybridized carbons (Fsp3) is 0.588. The van der Waals surface area contributed by atoms with Crippen molar-refractivity contribution in [2.45, 2.75) is 19.3 Å². The molecule has 2 rings (SSSR count). The topological polar surface area (TPSA) is 45.5 Å². The second-order valence-electron chi connectivity index (χ2n) is 5.63. The van der Waals surface area contributed by atoms with E-state index in [0.717, 1.165) is 38.6 Å². The second kappa shape index (κ2) is 8.66. The van der Waals surface area contributed by atoms with Crippen LogP contribution in [0, 0.1) is 17.2 Å². The number of benzene rings is 1. The molecule has 0 aliphatic carbocycles. The van der Waals surface area contributed by atoms with E-state index in [4.69, 9.17) is 14.7 Å². The summed E-state index contributed by atoms with van der Waals surface area (Å²) in [6.07, 6.45) is 3.33. The third-order valence-electron chi connectivity index (χ3n) is 3.86. The highest BCUT2D eigenvalue weighted by Gasteiger charge is 2.15. The highest BCUT2D eigenvalue weighted by atomic mass is 16.5. The molecule has 0 N–H and O–H groups in total. The number of hydrogen-bond acceptors (Lipinski definition) is 4. The smallest absolute Gasteiger partial charge is 0.137 e. The Labute approximate surface area is 127 Å². The molecular weight excluding hydrogens is 264 g/mol. The van der Waals surface area contributed by atoms with Crippen molar-refractivity contribution in [1.82, 2.24) is 4.90 Å². The van der Waals surface area contributed by atoms with E-state index in [1.54, 1.807) is 6.07 Å². The van der Waals surface area contributed by atoms with Crippen LogP contribution in [0.25, 0.3) is 0 Å². The minimum atomic E-state index is 0.605. The molecule has 0 unspecified atom stereocenters. The van der Waals surface area contributed by atoms with Crippen LogP contribution < -0.4 is 4.74 Å². The number of ether oxygens (including phenoxy) is 2. The second-order valence-corrected chi connectivity index (χ2v) is 5.63. The molecule has 1 aromatic rings. The van der Waals surface area contributed by atoms with Gasteiger partial charge < -0.3 is 14.4 Å². The molecule has 1 aromatic carbocycles. The maximum absolute atomic E-state index is 9.00. The Kier molecular flexibility index (Phi) is 6.52. The molecule has 1 saturated heterocycles. The summed E-state index contributed by atoms with van der Waals surface area (Å²) in [5.74, 6) is 1.45. The van der Waals surface area contributed by atoms with E-state index in [9.17, 15) is 0 Å². The zero-order valence-electron chi connectivity index (χ0n) is 12.8. The van der Waals surface area contributed by atoms with Crippen LogP contribution in [0.5, 0.6) is 5.75 Å². The van der Waals surface area contributed by atoms with E-state index < -0.39 is 0 Å². The highest BCUT2D eigenvalue weighted by molar-refractivity contribution is 5.42. The maximum atomic E-state index is 9.00. The lowest BCUT2D eigenvalue weighted by Crippen LogP contribution is -2.30. The monoisotopic (exact) mass is 288 g/mol. The molecule has 1 aliphatic heterocycles. The van der Waals surface area contributed by atoms with Crippen molar-refractivity contribution in [3.05, 3.63) is 29.8 Å². The number of nitrogens with zero attached hydrogens (tertiary/aromatic N) is 2. The SMILES string of the molecule is CN(CCCOc1ccccc1C#N)CC1CCOCC1. The average Bonchev–Trinajstić information content (AvgIpc) is 2.53. The van der Waals surface area contributed by atoms with Crippen LogP contribution in [0.4, 0.5) is 0 Å². The van der Waals surface area contributed by atoms with Crippen LogP contribution >= 0.6 is 0 Å². The van der Waals surface area contributed by atoms with Gasteiger partial charge in [0.1, 0.15) is 11.8 Å². The van der Waals surface area contributed by atoms with Crippen molar-refractivity contribution in [2.24, 2.45) is 5.92 Å². The standard InChI is InChI=1S/C17H24N2O2/c1-19(14-15-7-11-20-12-8-15)9-4-10-21-17-6-3-2-5-16(17)13-18/h2-3,5-6,15H,4,7-12,14H2,1H3. The molecule has 0 aromatic heterocycles. The first kappa shape index (κ1) is 15.8. The number of rotatable bonds is 7. The normalized spacial score (nSPS) is 15.9. The van der Waals surface area contributed by atoms with E-state index in [-0.39, 0.29) is 0 Å². The molecule has 0 spiro atoms. The molecule has 0 radical (unpaired) electrons. The molecule has 21 heavy (non-hydrogen) atoms. The zero-order valence-corrected chi connectivity index (χ0v) is 12.8. The fourth-order valence-electron chi connectivity index (χ4n) is 2.66. The zero-order chi connectivity index (χ0) is 14.9. The quantitative estimate of drug-likeness (QED) is 0.724. The molecule has 0 atom stereocenters. The Morgan fingerprint density at radius 2 is 2.10 bits per heavy atom. The van der Waals surface area contributed by atoms with Crippen molar-refractivity contribution in [3.63, 3.8) is 0 Å². The first-order valence-electron chi connectivity index (χ1n) is 7.68. The minimum Gasteiger partial charge on any atom is -0.492 e. The summed E-state index contributed by atoms with van der Waals surface area (Å²) < 4.78 is 11.1. The first-order chi connectivity index (χ1) is 10.3. The summed E-state index contributed by atoms with van der Waals surface area (Å²) in [6.45, 7) is 4.63. The van der Waals surface area contributed by atoms with Crippen LogP contribution in [0.15, 0.2) is 24.3 Å². The van der Waals surface area contributed by atoms with Crippen LogP contribution in [0.3, 0.4) is 0 Å². The van der Waals surface area contributed by atoms with Crippen molar-refractivity contribution >= 4 is 0 Å². The van der Waals surface area contributed by atoms with Gasteiger partial charge in [-0.3, -0.25) is 0 Å². The molecule has 4 nitrogen and oxygen atoms in total. The van der Waals surface area contributed by atoms with Gasteiger partial charge in [-0.1, -0.05) is 12.1 Å². The number of para-hydroxylation sites is 1. The van der Waals surface area contributed by atoms with Gasteiger partial charge in [0.25, 0.3) is 0 Å². The molecule has 1 aliphatic rings. The van der Waals surface area contributed by atoms with Crippen molar-refractivity contribution in [3.8, 4) is 11.8 Å². The Hall–Kier alpha value is -1.57. The molecule has 114 valence electrons. The Morgan fingerprint density at radius 1 is 1.33 bits per heavy atom. The fourth-order valence-corrected chi connectivity index (χ4v) is 2.66. The largest absolute Gasteiger partial charge is 0.492 e. The molecule has 0 amide bonds. The van der Waals surface area contributed by atoms with Gasteiger partial charge in [0.2, 0.25) is 0 Å². The molecular formula is C17H24N2O2. The first-order valence-corrected chi connectivity index (χ1v) is 7.68. The summed E-state index contributed by atoms with van der Waals surface area (Å²) in [6, 6.07) is 9.54. The molecule has 0 bridgehead atoms. The lowest BCUT2D eigenvalue weighted by atomic mass is 10.00. The Bertz CT molecular complexity index is 464. The van der Waals surface area contributed by atoms with Gasteiger partial charge in [-0.05, 0) is 44.4 Å². The summed E-state index contributed by atoms with van der Waals surface area (Å²) >= 11 is 0. The van der Waals surface area contributed by atoms with E-state index in [1.807, 2.05) is 18.2 Å². The van der Waals surface area contributed by atoms with Crippen molar-refractivity contribution in [2.75, 3.05) is 40.0 Å². The van der Waals surface area contributed by atoms with E-state index in [0.29, 0.717) is 17.9 Å². The molecule has 0 saturated carbocycles. The van der Waals surface area contributed by atoms with E-state index >= 15 is 0 Å². The van der Waals surface area contributed by atoms with Gasteiger partial charge in [0.15, 0.2) is 0 Å². The predicted octanol–water partition coefficient (Wildman–Crippen LogP) is 2.69. The van der Waals surface area contributed by atoms with Gasteiger partial charge in [0, 0.05) is 26.3 Å². The van der Waals surface area contributed by atoms with Crippen LogP contribution in [-0.4, -0.2) is 44.9 Å². The molecule has 1 fully saturated rings. The minimum absolute atomic E-state index is 0.605. The van der Waals surface area contributed by atoms with Gasteiger partial charge in [0.05, 0.1) is 12.2 Å². The average molecular weight is 288 g/mol. The maximum Gasteiger partial charge on any atom is 0.137 e. The van der Waals surface area contributed by atoms with Crippen molar-refractivity contribution < 1.29 is 9.47 Å².